The van der Waals surface area contributed by atoms with Crippen LogP contribution in [0.2, 0.25) is 0 Å². The maximum absolute atomic E-state index is 15.3. The number of hydrogen-bond donors (Lipinski definition) is 0. The van der Waals surface area contributed by atoms with Crippen LogP contribution in [0, 0.1) is 11.7 Å². The van der Waals surface area contributed by atoms with Crippen molar-refractivity contribution in [2.75, 3.05) is 51.7 Å². The summed E-state index contributed by atoms with van der Waals surface area (Å²) in [5.74, 6) is -2.84. The average molecular weight is 588 g/mol. The summed E-state index contributed by atoms with van der Waals surface area (Å²) in [5.41, 5.74) is 0.473. The lowest BCUT2D eigenvalue weighted by molar-refractivity contribution is -0.0577. The van der Waals surface area contributed by atoms with Gasteiger partial charge in [0.1, 0.15) is 10.7 Å². The molecule has 0 saturated carbocycles. The average Bonchev–Trinajstić information content (AvgIpc) is 2.90. The van der Waals surface area contributed by atoms with Gasteiger partial charge in [0.15, 0.2) is 9.84 Å². The van der Waals surface area contributed by atoms with E-state index in [-0.39, 0.29) is 39.8 Å². The smallest absolute Gasteiger partial charge is 0.250 e. The number of piperidine rings is 2. The van der Waals surface area contributed by atoms with Crippen LogP contribution in [0.4, 0.5) is 18.9 Å². The van der Waals surface area contributed by atoms with Gasteiger partial charge in [0.05, 0.1) is 15.8 Å². The number of sulfonamides is 1. The second-order valence-electron chi connectivity index (χ2n) is 10.7. The minimum atomic E-state index is -4.22. The number of sulfone groups is 1. The van der Waals surface area contributed by atoms with Crippen LogP contribution >= 0.6 is 0 Å². The maximum Gasteiger partial charge on any atom is 0.250 e. The number of alkyl halides is 2. The number of anilines is 1. The van der Waals surface area contributed by atoms with Gasteiger partial charge in [-0.1, -0.05) is 24.3 Å². The van der Waals surface area contributed by atoms with Crippen LogP contribution < -0.4 is 4.90 Å². The zero-order chi connectivity index (χ0) is 28.6. The monoisotopic (exact) mass is 587 g/mol. The predicted octanol–water partition coefficient (Wildman–Crippen LogP) is 4.56. The van der Waals surface area contributed by atoms with Crippen LogP contribution in [0.3, 0.4) is 0 Å². The Balaban J connectivity index is 1.56. The molecule has 7 nitrogen and oxygen atoms in total. The molecule has 2 heterocycles. The molecule has 12 heteroatoms. The molecule has 0 aromatic heterocycles. The summed E-state index contributed by atoms with van der Waals surface area (Å²) in [6, 6.07) is 9.79. The van der Waals surface area contributed by atoms with Gasteiger partial charge in [-0.3, -0.25) is 0 Å². The van der Waals surface area contributed by atoms with Gasteiger partial charge in [-0.15, -0.1) is 0 Å². The molecule has 216 valence electrons. The molecule has 0 spiro atoms. The van der Waals surface area contributed by atoms with E-state index in [0.717, 1.165) is 23.7 Å². The van der Waals surface area contributed by atoms with Gasteiger partial charge in [-0.25, -0.2) is 34.3 Å². The largest absolute Gasteiger partial charge is 0.369 e. The fourth-order valence-electron chi connectivity index (χ4n) is 5.41. The highest BCUT2D eigenvalue weighted by Gasteiger charge is 2.37. The minimum absolute atomic E-state index is 0.129. The van der Waals surface area contributed by atoms with Crippen molar-refractivity contribution < 1.29 is 30.0 Å². The number of rotatable bonds is 8. The summed E-state index contributed by atoms with van der Waals surface area (Å²) in [6.07, 6.45) is 1.20. The first kappa shape index (κ1) is 29.8. The van der Waals surface area contributed by atoms with E-state index < -0.39 is 36.9 Å². The lowest BCUT2D eigenvalue weighted by atomic mass is 9.94. The van der Waals surface area contributed by atoms with Crippen LogP contribution in [0.15, 0.2) is 52.3 Å². The van der Waals surface area contributed by atoms with E-state index in [2.05, 4.69) is 4.90 Å². The van der Waals surface area contributed by atoms with Gasteiger partial charge in [0.2, 0.25) is 10.0 Å². The summed E-state index contributed by atoms with van der Waals surface area (Å²) in [4.78, 5) is 3.27. The van der Waals surface area contributed by atoms with Crippen LogP contribution in [-0.4, -0.2) is 78.8 Å². The van der Waals surface area contributed by atoms with Gasteiger partial charge < -0.3 is 9.80 Å². The molecule has 2 fully saturated rings. The second-order valence-corrected chi connectivity index (χ2v) is 15.0. The predicted molar refractivity (Wildman–Crippen MR) is 145 cm³/mol. The lowest BCUT2D eigenvalue weighted by Crippen LogP contribution is -2.44. The molecule has 2 aliphatic rings. The molecule has 2 aliphatic heterocycles. The van der Waals surface area contributed by atoms with Gasteiger partial charge in [-0.05, 0) is 49.4 Å². The van der Waals surface area contributed by atoms with E-state index in [9.17, 15) is 25.6 Å². The molecule has 4 rings (SSSR count). The summed E-state index contributed by atoms with van der Waals surface area (Å²) in [6.45, 7) is 3.90. The van der Waals surface area contributed by atoms with Crippen molar-refractivity contribution >= 4 is 25.5 Å². The Morgan fingerprint density at radius 2 is 1.51 bits per heavy atom. The van der Waals surface area contributed by atoms with E-state index in [4.69, 9.17) is 0 Å². The molecule has 1 atom stereocenters. The van der Waals surface area contributed by atoms with Crippen molar-refractivity contribution in [3.63, 3.8) is 0 Å². The Hall–Kier alpha value is -2.15. The zero-order valence-corrected chi connectivity index (χ0v) is 24.1. The van der Waals surface area contributed by atoms with Crippen molar-refractivity contribution in [1.29, 1.82) is 0 Å². The normalized spacial score (nSPS) is 20.3. The number of nitrogens with zero attached hydrogens (tertiary/aromatic N) is 3. The SMILES string of the molecule is CC(c1cccc(F)c1N1CCC(CN2CCC(F)(F)CC2)CC1)S(=O)(=O)c1ccccc1S(=O)(=O)N(C)C. The molecule has 39 heavy (non-hydrogen) atoms. The molecule has 1 unspecified atom stereocenters. The van der Waals surface area contributed by atoms with E-state index >= 15 is 4.39 Å². The minimum Gasteiger partial charge on any atom is -0.369 e. The number of hydrogen-bond acceptors (Lipinski definition) is 6. The fourth-order valence-corrected chi connectivity index (χ4v) is 8.57. The Bertz CT molecular complexity index is 1380. The molecule has 0 bridgehead atoms. The number of para-hydroxylation sites is 1. The fraction of sp³-hybridized carbons (Fsp3) is 0.556. The van der Waals surface area contributed by atoms with E-state index in [0.29, 0.717) is 26.2 Å². The number of likely N-dealkylation sites (tertiary alicyclic amines) is 1. The molecule has 0 amide bonds. The third kappa shape index (κ3) is 6.28. The van der Waals surface area contributed by atoms with E-state index in [1.165, 1.54) is 57.4 Å². The van der Waals surface area contributed by atoms with Crippen molar-refractivity contribution in [2.45, 2.75) is 53.6 Å². The van der Waals surface area contributed by atoms with Crippen LogP contribution in [0.5, 0.6) is 0 Å². The number of halogens is 3. The summed E-state index contributed by atoms with van der Waals surface area (Å²) in [7, 11) is -5.61. The first-order chi connectivity index (χ1) is 18.2. The summed E-state index contributed by atoms with van der Waals surface area (Å²) >= 11 is 0. The van der Waals surface area contributed by atoms with Crippen molar-refractivity contribution in [3.05, 3.63) is 53.8 Å². The molecule has 2 saturated heterocycles. The topological polar surface area (TPSA) is 78.0 Å². The Morgan fingerprint density at radius 3 is 2.10 bits per heavy atom. The second kappa shape index (κ2) is 11.4. The number of benzene rings is 2. The highest BCUT2D eigenvalue weighted by Crippen LogP contribution is 2.39. The molecule has 0 radical (unpaired) electrons. The van der Waals surface area contributed by atoms with Crippen LogP contribution in [-0.2, 0) is 19.9 Å². The molecule has 0 aliphatic carbocycles. The molecular formula is C27H36F3N3O4S2. The Kier molecular flexibility index (Phi) is 8.70. The molecule has 2 aromatic carbocycles. The lowest BCUT2D eigenvalue weighted by Gasteiger charge is -2.39. The van der Waals surface area contributed by atoms with Gasteiger partial charge in [0.25, 0.3) is 5.92 Å². The van der Waals surface area contributed by atoms with Crippen LogP contribution in [0.1, 0.15) is 43.4 Å². The first-order valence-electron chi connectivity index (χ1n) is 13.1. The van der Waals surface area contributed by atoms with Crippen molar-refractivity contribution in [3.8, 4) is 0 Å². The van der Waals surface area contributed by atoms with Crippen molar-refractivity contribution in [2.24, 2.45) is 5.92 Å². The first-order valence-corrected chi connectivity index (χ1v) is 16.1. The Labute approximate surface area is 229 Å². The van der Waals surface area contributed by atoms with Crippen LogP contribution in [0.25, 0.3) is 0 Å². The third-order valence-corrected chi connectivity index (χ3v) is 12.0. The molecule has 0 N–H and O–H groups in total. The van der Waals surface area contributed by atoms with Crippen molar-refractivity contribution in [1.82, 2.24) is 9.21 Å². The van der Waals surface area contributed by atoms with Gasteiger partial charge in [-0.2, -0.15) is 0 Å². The summed E-state index contributed by atoms with van der Waals surface area (Å²) in [5, 5.41) is -1.21. The highest BCUT2D eigenvalue weighted by atomic mass is 32.2. The van der Waals surface area contributed by atoms with Gasteiger partial charge in [0, 0.05) is 59.7 Å². The highest BCUT2D eigenvalue weighted by molar-refractivity contribution is 7.93. The standard InChI is InChI=1S/C27H36F3N3O4S2/c1-20(38(34,35)24-9-4-5-10-25(24)39(36,37)31(2)3)22-7-6-8-23(28)26(22)33-15-11-21(12-16-33)19-32-17-13-27(29,30)14-18-32/h4-10,20-21H,11-19H2,1-3H3. The quantitative estimate of drug-likeness (QED) is 0.451. The molecular weight excluding hydrogens is 551 g/mol. The maximum atomic E-state index is 15.3. The zero-order valence-electron chi connectivity index (χ0n) is 22.5. The Morgan fingerprint density at radius 1 is 0.923 bits per heavy atom. The van der Waals surface area contributed by atoms with Gasteiger partial charge >= 0.3 is 0 Å². The van der Waals surface area contributed by atoms with E-state index in [1.807, 2.05) is 4.90 Å². The third-order valence-electron chi connectivity index (χ3n) is 7.87. The van der Waals surface area contributed by atoms with E-state index in [1.54, 1.807) is 6.07 Å². The molecule has 2 aromatic rings. The summed E-state index contributed by atoms with van der Waals surface area (Å²) < 4.78 is 96.6.